The molecule has 0 atom stereocenters. The Bertz CT molecular complexity index is 588. The summed E-state index contributed by atoms with van der Waals surface area (Å²) < 4.78 is 10.5. The maximum absolute atomic E-state index is 10.8. The van der Waals surface area contributed by atoms with Crippen molar-refractivity contribution in [1.82, 2.24) is 0 Å². The van der Waals surface area contributed by atoms with Crippen LogP contribution in [0.1, 0.15) is 9.67 Å². The molecule has 5 heteroatoms. The van der Waals surface area contributed by atoms with Crippen molar-refractivity contribution >= 4 is 17.3 Å². The van der Waals surface area contributed by atoms with Crippen LogP contribution in [0, 0.1) is 0 Å². The Hall–Kier alpha value is -2.01. The fraction of sp³-hybridized carbons (Fsp3) is 0.0833. The highest BCUT2D eigenvalue weighted by Gasteiger charge is 2.15. The van der Waals surface area contributed by atoms with Crippen LogP contribution < -0.4 is 9.47 Å². The second-order valence-corrected chi connectivity index (χ2v) is 4.62. The molecule has 0 amide bonds. The summed E-state index contributed by atoms with van der Waals surface area (Å²) >= 11 is 1.24. The number of carbonyl (C=O) groups is 1. The van der Waals surface area contributed by atoms with Crippen molar-refractivity contribution in [2.75, 3.05) is 6.79 Å². The SMILES string of the molecule is O=C(O)c1ccc(-c2ccc3c(c2)OCO3)s1. The Morgan fingerprint density at radius 2 is 2.00 bits per heavy atom. The Balaban J connectivity index is 2.00. The first kappa shape index (κ1) is 10.2. The van der Waals surface area contributed by atoms with Gasteiger partial charge in [0.25, 0.3) is 0 Å². The third-order valence-electron chi connectivity index (χ3n) is 2.47. The van der Waals surface area contributed by atoms with Gasteiger partial charge in [-0.25, -0.2) is 4.79 Å². The molecule has 17 heavy (non-hydrogen) atoms. The maximum Gasteiger partial charge on any atom is 0.345 e. The van der Waals surface area contributed by atoms with Crippen LogP contribution in [0.4, 0.5) is 0 Å². The number of ether oxygens (including phenoxy) is 2. The van der Waals surface area contributed by atoms with E-state index in [1.165, 1.54) is 11.3 Å². The van der Waals surface area contributed by atoms with Crippen LogP contribution in [0.3, 0.4) is 0 Å². The molecule has 3 rings (SSSR count). The molecule has 0 radical (unpaired) electrons. The van der Waals surface area contributed by atoms with Gasteiger partial charge in [0.05, 0.1) is 0 Å². The molecule has 0 saturated carbocycles. The van der Waals surface area contributed by atoms with Crippen molar-refractivity contribution in [3.63, 3.8) is 0 Å². The summed E-state index contributed by atoms with van der Waals surface area (Å²) in [4.78, 5) is 12.0. The molecule has 1 N–H and O–H groups in total. The third kappa shape index (κ3) is 1.74. The van der Waals surface area contributed by atoms with Gasteiger partial charge >= 0.3 is 5.97 Å². The minimum absolute atomic E-state index is 0.240. The van der Waals surface area contributed by atoms with Gasteiger partial charge in [0.1, 0.15) is 4.88 Å². The molecule has 4 nitrogen and oxygen atoms in total. The molecule has 0 aliphatic carbocycles. The van der Waals surface area contributed by atoms with Gasteiger partial charge in [-0.15, -0.1) is 11.3 Å². The molecular formula is C12H8O4S. The third-order valence-corrected chi connectivity index (χ3v) is 3.60. The van der Waals surface area contributed by atoms with Crippen molar-refractivity contribution in [3.05, 3.63) is 35.2 Å². The topological polar surface area (TPSA) is 55.8 Å². The van der Waals surface area contributed by atoms with Crippen LogP contribution in [-0.2, 0) is 0 Å². The highest BCUT2D eigenvalue weighted by Crippen LogP contribution is 2.37. The number of carboxylic acids is 1. The molecule has 0 fully saturated rings. The van der Waals surface area contributed by atoms with Crippen molar-refractivity contribution in [1.29, 1.82) is 0 Å². The molecule has 86 valence electrons. The molecule has 0 unspecified atom stereocenters. The van der Waals surface area contributed by atoms with Crippen LogP contribution in [0.15, 0.2) is 30.3 Å². The summed E-state index contributed by atoms with van der Waals surface area (Å²) in [6.45, 7) is 0.240. The van der Waals surface area contributed by atoms with E-state index in [4.69, 9.17) is 14.6 Å². The average molecular weight is 248 g/mol. The zero-order chi connectivity index (χ0) is 11.8. The lowest BCUT2D eigenvalue weighted by molar-refractivity contribution is 0.0702. The van der Waals surface area contributed by atoms with Gasteiger partial charge in [-0.2, -0.15) is 0 Å². The van der Waals surface area contributed by atoms with Gasteiger partial charge in [-0.05, 0) is 35.9 Å². The lowest BCUT2D eigenvalue weighted by atomic mass is 10.1. The molecule has 2 heterocycles. The summed E-state index contributed by atoms with van der Waals surface area (Å²) in [5, 5.41) is 8.87. The van der Waals surface area contributed by atoms with Gasteiger partial charge in [0, 0.05) is 4.88 Å². The Labute approximate surface area is 101 Å². The van der Waals surface area contributed by atoms with Gasteiger partial charge in [-0.1, -0.05) is 0 Å². The van der Waals surface area contributed by atoms with Crippen molar-refractivity contribution < 1.29 is 19.4 Å². The van der Waals surface area contributed by atoms with Crippen LogP contribution >= 0.6 is 11.3 Å². The molecule has 1 aromatic heterocycles. The van der Waals surface area contributed by atoms with Crippen LogP contribution in [-0.4, -0.2) is 17.9 Å². The van der Waals surface area contributed by atoms with E-state index in [0.29, 0.717) is 10.6 Å². The Morgan fingerprint density at radius 3 is 2.76 bits per heavy atom. The largest absolute Gasteiger partial charge is 0.477 e. The van der Waals surface area contributed by atoms with E-state index in [9.17, 15) is 4.79 Å². The van der Waals surface area contributed by atoms with E-state index in [-0.39, 0.29) is 6.79 Å². The summed E-state index contributed by atoms with van der Waals surface area (Å²) in [7, 11) is 0. The van der Waals surface area contributed by atoms with Crippen LogP contribution in [0.2, 0.25) is 0 Å². The number of thiophene rings is 1. The zero-order valence-electron chi connectivity index (χ0n) is 8.67. The number of hydrogen-bond donors (Lipinski definition) is 1. The first-order valence-electron chi connectivity index (χ1n) is 4.97. The first-order valence-corrected chi connectivity index (χ1v) is 5.79. The molecule has 1 aliphatic rings. The lowest BCUT2D eigenvalue weighted by Crippen LogP contribution is -1.92. The normalized spacial score (nSPS) is 12.7. The van der Waals surface area contributed by atoms with Gasteiger partial charge in [0.15, 0.2) is 11.5 Å². The van der Waals surface area contributed by atoms with Gasteiger partial charge in [-0.3, -0.25) is 0 Å². The number of rotatable bonds is 2. The molecular weight excluding hydrogens is 240 g/mol. The predicted octanol–water partition coefficient (Wildman–Crippen LogP) is 2.84. The lowest BCUT2D eigenvalue weighted by Gasteiger charge is -1.99. The standard InChI is InChI=1S/C12H8O4S/c13-12(14)11-4-3-10(17-11)7-1-2-8-9(5-7)16-6-15-8/h1-5H,6H2,(H,13,14). The van der Waals surface area contributed by atoms with Crippen molar-refractivity contribution in [2.24, 2.45) is 0 Å². The van der Waals surface area contributed by atoms with Crippen LogP contribution in [0.25, 0.3) is 10.4 Å². The second-order valence-electron chi connectivity index (χ2n) is 3.54. The maximum atomic E-state index is 10.8. The molecule has 1 aliphatic heterocycles. The highest BCUT2D eigenvalue weighted by molar-refractivity contribution is 7.17. The van der Waals surface area contributed by atoms with Crippen molar-refractivity contribution in [2.45, 2.75) is 0 Å². The second kappa shape index (κ2) is 3.78. The zero-order valence-corrected chi connectivity index (χ0v) is 9.49. The number of carboxylic acid groups (broad SMARTS) is 1. The summed E-state index contributed by atoms with van der Waals surface area (Å²) in [6, 6.07) is 8.99. The number of aromatic carboxylic acids is 1. The number of fused-ring (bicyclic) bond motifs is 1. The molecule has 1 aromatic carbocycles. The number of benzene rings is 1. The minimum atomic E-state index is -0.901. The van der Waals surface area contributed by atoms with Gasteiger partial charge in [0.2, 0.25) is 6.79 Å². The molecule has 0 spiro atoms. The fourth-order valence-corrected chi connectivity index (χ4v) is 2.50. The quantitative estimate of drug-likeness (QED) is 0.887. The van der Waals surface area contributed by atoms with E-state index in [1.54, 1.807) is 12.1 Å². The monoisotopic (exact) mass is 248 g/mol. The van der Waals surface area contributed by atoms with Gasteiger partial charge < -0.3 is 14.6 Å². The Kier molecular flexibility index (Phi) is 2.26. The predicted molar refractivity (Wildman–Crippen MR) is 62.8 cm³/mol. The van der Waals surface area contributed by atoms with E-state index >= 15 is 0 Å². The summed E-state index contributed by atoms with van der Waals surface area (Å²) in [5.41, 5.74) is 0.937. The van der Waals surface area contributed by atoms with E-state index < -0.39 is 5.97 Å². The summed E-state index contributed by atoms with van der Waals surface area (Å²) in [5.74, 6) is 0.526. The average Bonchev–Trinajstić information content (AvgIpc) is 2.97. The minimum Gasteiger partial charge on any atom is -0.477 e. The molecule has 2 aromatic rings. The first-order chi connectivity index (χ1) is 8.24. The van der Waals surface area contributed by atoms with E-state index in [1.807, 2.05) is 18.2 Å². The highest BCUT2D eigenvalue weighted by atomic mass is 32.1. The van der Waals surface area contributed by atoms with Crippen molar-refractivity contribution in [3.8, 4) is 21.9 Å². The van der Waals surface area contributed by atoms with E-state index in [0.717, 1.165) is 16.2 Å². The Morgan fingerprint density at radius 1 is 1.18 bits per heavy atom. The van der Waals surface area contributed by atoms with E-state index in [2.05, 4.69) is 0 Å². The molecule has 0 saturated heterocycles. The smallest absolute Gasteiger partial charge is 0.345 e. The summed E-state index contributed by atoms with van der Waals surface area (Å²) in [6.07, 6.45) is 0. The fourth-order valence-electron chi connectivity index (χ4n) is 1.66. The van der Waals surface area contributed by atoms with Crippen LogP contribution in [0.5, 0.6) is 11.5 Å². The molecule has 0 bridgehead atoms. The number of hydrogen-bond acceptors (Lipinski definition) is 4.